The minimum atomic E-state index is -4.10. The maximum absolute atomic E-state index is 13.2. The van der Waals surface area contributed by atoms with E-state index in [1.165, 1.54) is 6.92 Å². The highest BCUT2D eigenvalue weighted by Crippen LogP contribution is 2.24. The van der Waals surface area contributed by atoms with E-state index in [1.807, 2.05) is 0 Å². The molecule has 0 spiro atoms. The zero-order valence-electron chi connectivity index (χ0n) is 9.16. The van der Waals surface area contributed by atoms with Gasteiger partial charge in [-0.3, -0.25) is 0 Å². The standard InChI is InChI=1S/C10H10ClFO4S/c1-3-16-10(13)8-4-7(12)5-9(6(8)2)17(11,14)15/h4-5H,3H2,1-2H3. The molecule has 1 rings (SSSR count). The summed E-state index contributed by atoms with van der Waals surface area (Å²) >= 11 is 0. The van der Waals surface area contributed by atoms with E-state index in [2.05, 4.69) is 4.74 Å². The minimum Gasteiger partial charge on any atom is -0.462 e. The summed E-state index contributed by atoms with van der Waals surface area (Å²) in [6, 6.07) is 1.68. The summed E-state index contributed by atoms with van der Waals surface area (Å²) in [6.07, 6.45) is 0. The molecule has 7 heteroatoms. The van der Waals surface area contributed by atoms with E-state index in [0.29, 0.717) is 0 Å². The molecular weight excluding hydrogens is 271 g/mol. The number of hydrogen-bond donors (Lipinski definition) is 0. The third kappa shape index (κ3) is 3.17. The third-order valence-corrected chi connectivity index (χ3v) is 3.53. The first-order valence-corrected chi connectivity index (χ1v) is 7.00. The second kappa shape index (κ2) is 5.01. The Kier molecular flexibility index (Phi) is 4.11. The normalized spacial score (nSPS) is 11.3. The largest absolute Gasteiger partial charge is 0.462 e. The van der Waals surface area contributed by atoms with Crippen LogP contribution in [-0.2, 0) is 13.8 Å². The van der Waals surface area contributed by atoms with Crippen molar-refractivity contribution in [3.63, 3.8) is 0 Å². The van der Waals surface area contributed by atoms with E-state index in [9.17, 15) is 17.6 Å². The fourth-order valence-electron chi connectivity index (χ4n) is 1.33. The SMILES string of the molecule is CCOC(=O)c1cc(F)cc(S(=O)(=O)Cl)c1C. The van der Waals surface area contributed by atoms with Crippen molar-refractivity contribution >= 4 is 25.7 Å². The van der Waals surface area contributed by atoms with Gasteiger partial charge < -0.3 is 4.74 Å². The summed E-state index contributed by atoms with van der Waals surface area (Å²) in [4.78, 5) is 11.0. The van der Waals surface area contributed by atoms with Gasteiger partial charge in [0.15, 0.2) is 0 Å². The van der Waals surface area contributed by atoms with Gasteiger partial charge in [-0.05, 0) is 31.5 Å². The smallest absolute Gasteiger partial charge is 0.338 e. The minimum absolute atomic E-state index is 0.0693. The van der Waals surface area contributed by atoms with Crippen molar-refractivity contribution in [3.05, 3.63) is 29.1 Å². The maximum Gasteiger partial charge on any atom is 0.338 e. The highest BCUT2D eigenvalue weighted by molar-refractivity contribution is 8.13. The van der Waals surface area contributed by atoms with Crippen molar-refractivity contribution in [2.45, 2.75) is 18.7 Å². The summed E-state index contributed by atoms with van der Waals surface area (Å²) in [5, 5.41) is 0. The second-order valence-electron chi connectivity index (χ2n) is 3.23. The molecule has 1 aromatic carbocycles. The highest BCUT2D eigenvalue weighted by atomic mass is 35.7. The Bertz CT molecular complexity index is 554. The molecule has 0 radical (unpaired) electrons. The van der Waals surface area contributed by atoms with Gasteiger partial charge in [0.25, 0.3) is 9.05 Å². The van der Waals surface area contributed by atoms with Crippen molar-refractivity contribution < 1.29 is 22.3 Å². The predicted octanol–water partition coefficient (Wildman–Crippen LogP) is 2.24. The number of rotatable bonds is 3. The van der Waals surface area contributed by atoms with Gasteiger partial charge in [0, 0.05) is 10.7 Å². The first-order chi connectivity index (χ1) is 7.77. The number of ether oxygens (including phenoxy) is 1. The lowest BCUT2D eigenvalue weighted by Gasteiger charge is -2.08. The Hall–Kier alpha value is -1.14. The maximum atomic E-state index is 13.2. The van der Waals surface area contributed by atoms with E-state index < -0.39 is 25.7 Å². The molecular formula is C10H10ClFO4S. The molecule has 0 amide bonds. The van der Waals surface area contributed by atoms with Gasteiger partial charge in [0.1, 0.15) is 5.82 Å². The number of esters is 1. The highest BCUT2D eigenvalue weighted by Gasteiger charge is 2.21. The first-order valence-electron chi connectivity index (χ1n) is 4.69. The van der Waals surface area contributed by atoms with E-state index in [4.69, 9.17) is 10.7 Å². The fourth-order valence-corrected chi connectivity index (χ4v) is 2.54. The van der Waals surface area contributed by atoms with Crippen molar-refractivity contribution in [1.82, 2.24) is 0 Å². The van der Waals surface area contributed by atoms with Crippen LogP contribution in [-0.4, -0.2) is 21.0 Å². The summed E-state index contributed by atoms with van der Waals surface area (Å²) < 4.78 is 40.3. The van der Waals surface area contributed by atoms with Crippen LogP contribution in [0.3, 0.4) is 0 Å². The van der Waals surface area contributed by atoms with Crippen LogP contribution in [0.5, 0.6) is 0 Å². The van der Waals surface area contributed by atoms with Crippen LogP contribution in [0.2, 0.25) is 0 Å². The van der Waals surface area contributed by atoms with Gasteiger partial charge in [-0.1, -0.05) is 0 Å². The quantitative estimate of drug-likeness (QED) is 0.629. The van der Waals surface area contributed by atoms with Gasteiger partial charge in [0.2, 0.25) is 0 Å². The molecule has 0 heterocycles. The Morgan fingerprint density at radius 3 is 2.53 bits per heavy atom. The zero-order chi connectivity index (χ0) is 13.2. The summed E-state index contributed by atoms with van der Waals surface area (Å²) in [6.45, 7) is 3.06. The predicted molar refractivity (Wildman–Crippen MR) is 60.1 cm³/mol. The van der Waals surface area contributed by atoms with Crippen LogP contribution in [0.15, 0.2) is 17.0 Å². The van der Waals surface area contributed by atoms with E-state index in [-0.39, 0.29) is 17.7 Å². The molecule has 0 aliphatic rings. The number of hydrogen-bond acceptors (Lipinski definition) is 4. The summed E-state index contributed by atoms with van der Waals surface area (Å²) in [5.74, 6) is -1.65. The lowest BCUT2D eigenvalue weighted by Crippen LogP contribution is -2.10. The van der Waals surface area contributed by atoms with E-state index in [0.717, 1.165) is 12.1 Å². The summed E-state index contributed by atoms with van der Waals surface area (Å²) in [5.41, 5.74) is -0.0778. The number of halogens is 2. The molecule has 17 heavy (non-hydrogen) atoms. The molecule has 0 aliphatic carbocycles. The van der Waals surface area contributed by atoms with Crippen LogP contribution in [0.1, 0.15) is 22.8 Å². The Labute approximate surface area is 103 Å². The second-order valence-corrected chi connectivity index (χ2v) is 5.77. The Morgan fingerprint density at radius 1 is 1.47 bits per heavy atom. The van der Waals surface area contributed by atoms with Crippen molar-refractivity contribution in [2.24, 2.45) is 0 Å². The first kappa shape index (κ1) is 13.9. The van der Waals surface area contributed by atoms with Crippen LogP contribution in [0.4, 0.5) is 4.39 Å². The van der Waals surface area contributed by atoms with Crippen LogP contribution < -0.4 is 0 Å². The average Bonchev–Trinajstić information content (AvgIpc) is 2.19. The fraction of sp³-hybridized carbons (Fsp3) is 0.300. The molecule has 0 N–H and O–H groups in total. The molecule has 0 atom stereocenters. The van der Waals surface area contributed by atoms with E-state index in [1.54, 1.807) is 6.92 Å². The molecule has 0 aromatic heterocycles. The molecule has 0 fully saturated rings. The van der Waals surface area contributed by atoms with Gasteiger partial charge in [0.05, 0.1) is 17.1 Å². The lowest BCUT2D eigenvalue weighted by atomic mass is 10.1. The van der Waals surface area contributed by atoms with Crippen LogP contribution in [0, 0.1) is 12.7 Å². The van der Waals surface area contributed by atoms with E-state index >= 15 is 0 Å². The third-order valence-electron chi connectivity index (χ3n) is 2.08. The number of benzene rings is 1. The molecule has 0 saturated heterocycles. The molecule has 0 aliphatic heterocycles. The van der Waals surface area contributed by atoms with Gasteiger partial charge in [-0.25, -0.2) is 17.6 Å². The zero-order valence-corrected chi connectivity index (χ0v) is 10.7. The molecule has 0 saturated carbocycles. The van der Waals surface area contributed by atoms with Crippen molar-refractivity contribution in [2.75, 3.05) is 6.61 Å². The molecule has 0 bridgehead atoms. The average molecular weight is 281 g/mol. The number of carbonyl (C=O) groups excluding carboxylic acids is 1. The summed E-state index contributed by atoms with van der Waals surface area (Å²) in [7, 11) is 1.04. The van der Waals surface area contributed by atoms with Crippen molar-refractivity contribution in [3.8, 4) is 0 Å². The molecule has 94 valence electrons. The number of carbonyl (C=O) groups is 1. The van der Waals surface area contributed by atoms with Crippen molar-refractivity contribution in [1.29, 1.82) is 0 Å². The molecule has 4 nitrogen and oxygen atoms in total. The topological polar surface area (TPSA) is 60.4 Å². The molecule has 0 unspecified atom stereocenters. The van der Waals surface area contributed by atoms with Crippen LogP contribution >= 0.6 is 10.7 Å². The van der Waals surface area contributed by atoms with Gasteiger partial charge in [-0.15, -0.1) is 0 Å². The Morgan fingerprint density at radius 2 is 2.06 bits per heavy atom. The Balaban J connectivity index is 3.44. The van der Waals surface area contributed by atoms with Gasteiger partial charge >= 0.3 is 5.97 Å². The van der Waals surface area contributed by atoms with Gasteiger partial charge in [-0.2, -0.15) is 0 Å². The van der Waals surface area contributed by atoms with Crippen LogP contribution in [0.25, 0.3) is 0 Å². The lowest BCUT2D eigenvalue weighted by molar-refractivity contribution is 0.0524. The molecule has 1 aromatic rings. The monoisotopic (exact) mass is 280 g/mol.